The van der Waals surface area contributed by atoms with E-state index in [1.165, 1.54) is 11.3 Å². The third-order valence-corrected chi connectivity index (χ3v) is 3.71. The molecule has 1 aromatic heterocycles. The second-order valence-corrected chi connectivity index (χ2v) is 5.91. The van der Waals surface area contributed by atoms with Crippen LogP contribution in [0.1, 0.15) is 4.88 Å². The zero-order valence-corrected chi connectivity index (χ0v) is 11.3. The molecule has 0 saturated carbocycles. The van der Waals surface area contributed by atoms with Crippen LogP contribution in [0.15, 0.2) is 34.1 Å². The van der Waals surface area contributed by atoms with Gasteiger partial charge in [-0.15, -0.1) is 11.3 Å². The summed E-state index contributed by atoms with van der Waals surface area (Å²) >= 11 is 4.76. The van der Waals surface area contributed by atoms with Crippen LogP contribution in [-0.4, -0.2) is 4.92 Å². The van der Waals surface area contributed by atoms with Crippen molar-refractivity contribution in [3.8, 4) is 5.75 Å². The first-order valence-electron chi connectivity index (χ1n) is 4.87. The van der Waals surface area contributed by atoms with Crippen LogP contribution in [0.5, 0.6) is 5.75 Å². The Morgan fingerprint density at radius 1 is 1.39 bits per heavy atom. The van der Waals surface area contributed by atoms with Crippen molar-refractivity contribution in [1.82, 2.24) is 0 Å². The number of nitro benzene ring substituents is 1. The molecule has 18 heavy (non-hydrogen) atoms. The summed E-state index contributed by atoms with van der Waals surface area (Å²) in [7, 11) is 0. The van der Waals surface area contributed by atoms with Gasteiger partial charge < -0.3 is 4.74 Å². The van der Waals surface area contributed by atoms with Gasteiger partial charge >= 0.3 is 5.69 Å². The minimum atomic E-state index is -0.598. The molecule has 0 spiro atoms. The maximum Gasteiger partial charge on any atom is 0.311 e. The van der Waals surface area contributed by atoms with Crippen molar-refractivity contribution in [2.24, 2.45) is 0 Å². The quantitative estimate of drug-likeness (QED) is 0.625. The fraction of sp³-hybridized carbons (Fsp3) is 0.0909. The molecule has 0 aliphatic rings. The molecule has 0 aliphatic carbocycles. The molecule has 0 N–H and O–H groups in total. The van der Waals surface area contributed by atoms with Crippen molar-refractivity contribution in [2.45, 2.75) is 6.61 Å². The van der Waals surface area contributed by atoms with Crippen molar-refractivity contribution in [1.29, 1.82) is 0 Å². The largest absolute Gasteiger partial charge is 0.481 e. The van der Waals surface area contributed by atoms with Crippen molar-refractivity contribution >= 4 is 33.0 Å². The fourth-order valence-corrected chi connectivity index (χ4v) is 2.73. The average Bonchev–Trinajstić information content (AvgIpc) is 2.72. The molecule has 0 unspecified atom stereocenters. The van der Waals surface area contributed by atoms with Gasteiger partial charge in [-0.3, -0.25) is 10.1 Å². The van der Waals surface area contributed by atoms with E-state index in [2.05, 4.69) is 15.9 Å². The minimum Gasteiger partial charge on any atom is -0.481 e. The third kappa shape index (κ3) is 3.05. The first kappa shape index (κ1) is 13.0. The molecule has 94 valence electrons. The first-order chi connectivity index (χ1) is 8.56. The summed E-state index contributed by atoms with van der Waals surface area (Å²) < 4.78 is 19.3. The van der Waals surface area contributed by atoms with Crippen molar-refractivity contribution in [3.05, 3.63) is 54.9 Å². The lowest BCUT2D eigenvalue weighted by Crippen LogP contribution is -1.98. The SMILES string of the molecule is O=[N+]([O-])c1ccc(F)cc1OCc1ccc(Br)s1. The van der Waals surface area contributed by atoms with Crippen LogP contribution in [0, 0.1) is 15.9 Å². The number of nitrogens with zero attached hydrogens (tertiary/aromatic N) is 1. The average molecular weight is 332 g/mol. The van der Waals surface area contributed by atoms with Crippen LogP contribution >= 0.6 is 27.3 Å². The Hall–Kier alpha value is -1.47. The van der Waals surface area contributed by atoms with Gasteiger partial charge in [0.05, 0.1) is 8.71 Å². The molecule has 0 atom stereocenters. The normalized spacial score (nSPS) is 10.3. The summed E-state index contributed by atoms with van der Waals surface area (Å²) in [5, 5.41) is 10.7. The standard InChI is InChI=1S/C11H7BrFNO3S/c12-11-4-2-8(18-11)6-17-10-5-7(13)1-3-9(10)14(15)16/h1-5H,6H2. The second-order valence-electron chi connectivity index (χ2n) is 3.36. The molecule has 1 aromatic carbocycles. The second kappa shape index (κ2) is 5.45. The number of rotatable bonds is 4. The highest BCUT2D eigenvalue weighted by atomic mass is 79.9. The van der Waals surface area contributed by atoms with Crippen LogP contribution < -0.4 is 4.74 Å². The van der Waals surface area contributed by atoms with E-state index in [0.29, 0.717) is 0 Å². The summed E-state index contributed by atoms with van der Waals surface area (Å²) in [5.74, 6) is -0.632. The predicted molar refractivity (Wildman–Crippen MR) is 69.4 cm³/mol. The third-order valence-electron chi connectivity index (χ3n) is 2.12. The van der Waals surface area contributed by atoms with Crippen molar-refractivity contribution < 1.29 is 14.1 Å². The smallest absolute Gasteiger partial charge is 0.311 e. The maximum absolute atomic E-state index is 13.0. The van der Waals surface area contributed by atoms with E-state index in [-0.39, 0.29) is 18.0 Å². The molecule has 4 nitrogen and oxygen atoms in total. The van der Waals surface area contributed by atoms with Gasteiger partial charge in [0.25, 0.3) is 0 Å². The van der Waals surface area contributed by atoms with Gasteiger partial charge in [-0.05, 0) is 34.1 Å². The molecular formula is C11H7BrFNO3S. The molecule has 0 fully saturated rings. The Balaban J connectivity index is 2.17. The molecule has 2 rings (SSSR count). The first-order valence-corrected chi connectivity index (χ1v) is 6.48. The molecule has 0 amide bonds. The summed E-state index contributed by atoms with van der Waals surface area (Å²) in [6, 6.07) is 6.83. The lowest BCUT2D eigenvalue weighted by atomic mass is 10.3. The van der Waals surface area contributed by atoms with Crippen molar-refractivity contribution in [2.75, 3.05) is 0 Å². The molecular weight excluding hydrogens is 325 g/mol. The number of ether oxygens (including phenoxy) is 1. The molecule has 0 aliphatic heterocycles. The van der Waals surface area contributed by atoms with Crippen LogP contribution in [0.3, 0.4) is 0 Å². The summed E-state index contributed by atoms with van der Waals surface area (Å²) in [6.45, 7) is 0.167. The number of hydrogen-bond donors (Lipinski definition) is 0. The highest BCUT2D eigenvalue weighted by Gasteiger charge is 2.16. The Labute approximate surface area is 114 Å². The maximum atomic E-state index is 13.0. The highest BCUT2D eigenvalue weighted by molar-refractivity contribution is 9.11. The highest BCUT2D eigenvalue weighted by Crippen LogP contribution is 2.29. The minimum absolute atomic E-state index is 0.0653. The monoisotopic (exact) mass is 331 g/mol. The van der Waals surface area contributed by atoms with E-state index in [9.17, 15) is 14.5 Å². The van der Waals surface area contributed by atoms with E-state index in [4.69, 9.17) is 4.74 Å². The van der Waals surface area contributed by atoms with E-state index in [1.807, 2.05) is 12.1 Å². The summed E-state index contributed by atoms with van der Waals surface area (Å²) in [5.41, 5.74) is -0.243. The predicted octanol–water partition coefficient (Wildman–Crippen LogP) is 4.14. The van der Waals surface area contributed by atoms with Gasteiger partial charge in [0.2, 0.25) is 0 Å². The number of thiophene rings is 1. The number of nitro groups is 1. The Kier molecular flexibility index (Phi) is 3.93. The van der Waals surface area contributed by atoms with Crippen LogP contribution in [0.2, 0.25) is 0 Å². The molecule has 1 heterocycles. The van der Waals surface area contributed by atoms with Crippen LogP contribution in [0.25, 0.3) is 0 Å². The van der Waals surface area contributed by atoms with Crippen LogP contribution in [-0.2, 0) is 6.61 Å². The summed E-state index contributed by atoms with van der Waals surface area (Å²) in [6.07, 6.45) is 0. The van der Waals surface area contributed by atoms with E-state index in [1.54, 1.807) is 0 Å². The van der Waals surface area contributed by atoms with E-state index in [0.717, 1.165) is 26.9 Å². The molecule has 7 heteroatoms. The van der Waals surface area contributed by atoms with Gasteiger partial charge in [-0.1, -0.05) is 0 Å². The van der Waals surface area contributed by atoms with E-state index >= 15 is 0 Å². The van der Waals surface area contributed by atoms with Crippen molar-refractivity contribution in [3.63, 3.8) is 0 Å². The molecule has 0 saturated heterocycles. The Bertz CT molecular complexity index is 587. The zero-order valence-electron chi connectivity index (χ0n) is 8.93. The Morgan fingerprint density at radius 2 is 2.17 bits per heavy atom. The topological polar surface area (TPSA) is 52.4 Å². The Morgan fingerprint density at radius 3 is 2.78 bits per heavy atom. The summed E-state index contributed by atoms with van der Waals surface area (Å²) in [4.78, 5) is 11.0. The van der Waals surface area contributed by atoms with Gasteiger partial charge in [-0.25, -0.2) is 4.39 Å². The van der Waals surface area contributed by atoms with Crippen LogP contribution in [0.4, 0.5) is 10.1 Å². The van der Waals surface area contributed by atoms with Gasteiger partial charge in [0.15, 0.2) is 5.75 Å². The fourth-order valence-electron chi connectivity index (χ4n) is 1.33. The lowest BCUT2D eigenvalue weighted by molar-refractivity contribution is -0.386. The van der Waals surface area contributed by atoms with Gasteiger partial charge in [-0.2, -0.15) is 0 Å². The van der Waals surface area contributed by atoms with E-state index < -0.39 is 10.7 Å². The molecule has 2 aromatic rings. The van der Waals surface area contributed by atoms with Gasteiger partial charge in [0.1, 0.15) is 12.4 Å². The number of hydrogen-bond acceptors (Lipinski definition) is 4. The molecule has 0 bridgehead atoms. The number of benzene rings is 1. The zero-order chi connectivity index (χ0) is 13.1. The van der Waals surface area contributed by atoms with Gasteiger partial charge in [0, 0.05) is 17.0 Å². The number of halogens is 2. The lowest BCUT2D eigenvalue weighted by Gasteiger charge is -2.05. The molecule has 0 radical (unpaired) electrons.